The van der Waals surface area contributed by atoms with Gasteiger partial charge < -0.3 is 15.0 Å². The number of amides is 1. The van der Waals surface area contributed by atoms with Crippen molar-refractivity contribution >= 4 is 11.7 Å². The number of nitrogens with zero attached hydrogens (tertiary/aromatic N) is 3. The lowest BCUT2D eigenvalue weighted by molar-refractivity contribution is -0.126. The summed E-state index contributed by atoms with van der Waals surface area (Å²) in [6, 6.07) is 10.3. The molecule has 1 saturated heterocycles. The van der Waals surface area contributed by atoms with E-state index >= 15 is 0 Å². The van der Waals surface area contributed by atoms with Crippen LogP contribution in [0.25, 0.3) is 0 Å². The van der Waals surface area contributed by atoms with Crippen molar-refractivity contribution in [1.29, 1.82) is 0 Å². The minimum Gasteiger partial charge on any atom is -0.439 e. The molecular formula is C25H34N4O2. The van der Waals surface area contributed by atoms with Gasteiger partial charge in [-0.2, -0.15) is 0 Å². The number of piperidine rings is 1. The SMILES string of the molecule is CCc1ccc(Oc2cc(N3CCC(C(=O)N[C@H]4CCCC[C@H]4C)CC3)ncn2)cc1. The van der Waals surface area contributed by atoms with E-state index in [4.69, 9.17) is 4.74 Å². The molecule has 1 amide bonds. The third kappa shape index (κ3) is 5.54. The molecule has 0 radical (unpaired) electrons. The van der Waals surface area contributed by atoms with Crippen LogP contribution in [0.2, 0.25) is 0 Å². The maximum absolute atomic E-state index is 12.8. The number of anilines is 1. The van der Waals surface area contributed by atoms with Crippen molar-refractivity contribution in [2.45, 2.75) is 64.8 Å². The van der Waals surface area contributed by atoms with Crippen LogP contribution in [0.5, 0.6) is 11.6 Å². The lowest BCUT2D eigenvalue weighted by Gasteiger charge is -2.35. The van der Waals surface area contributed by atoms with Crippen LogP contribution < -0.4 is 15.0 Å². The van der Waals surface area contributed by atoms with Gasteiger partial charge >= 0.3 is 0 Å². The second-order valence-electron chi connectivity index (χ2n) is 8.95. The number of aryl methyl sites for hydroxylation is 1. The Bertz CT molecular complexity index is 862. The van der Waals surface area contributed by atoms with Crippen LogP contribution in [0, 0.1) is 11.8 Å². The zero-order chi connectivity index (χ0) is 21.6. The average molecular weight is 423 g/mol. The predicted octanol–water partition coefficient (Wildman–Crippen LogP) is 4.74. The van der Waals surface area contributed by atoms with Gasteiger partial charge in [0.15, 0.2) is 0 Å². The second-order valence-corrected chi connectivity index (χ2v) is 8.95. The number of benzene rings is 1. The van der Waals surface area contributed by atoms with Crippen molar-refractivity contribution in [2.24, 2.45) is 11.8 Å². The summed E-state index contributed by atoms with van der Waals surface area (Å²) in [4.78, 5) is 23.7. The fourth-order valence-electron chi connectivity index (χ4n) is 4.67. The largest absolute Gasteiger partial charge is 0.439 e. The van der Waals surface area contributed by atoms with Crippen LogP contribution in [0.15, 0.2) is 36.7 Å². The molecule has 1 N–H and O–H groups in total. The predicted molar refractivity (Wildman–Crippen MR) is 122 cm³/mol. The Balaban J connectivity index is 1.31. The first-order valence-electron chi connectivity index (χ1n) is 11.8. The Morgan fingerprint density at radius 3 is 2.55 bits per heavy atom. The van der Waals surface area contributed by atoms with E-state index in [2.05, 4.69) is 46.2 Å². The molecule has 2 fully saturated rings. The number of aromatic nitrogens is 2. The smallest absolute Gasteiger partial charge is 0.224 e. The minimum absolute atomic E-state index is 0.0972. The fourth-order valence-corrected chi connectivity index (χ4v) is 4.67. The Morgan fingerprint density at radius 1 is 1.10 bits per heavy atom. The quantitative estimate of drug-likeness (QED) is 0.728. The van der Waals surface area contributed by atoms with Gasteiger partial charge in [0.05, 0.1) is 0 Å². The highest BCUT2D eigenvalue weighted by molar-refractivity contribution is 5.79. The van der Waals surface area contributed by atoms with Gasteiger partial charge in [0.2, 0.25) is 11.8 Å². The molecule has 2 heterocycles. The van der Waals surface area contributed by atoms with Crippen molar-refractivity contribution in [3.8, 4) is 11.6 Å². The Morgan fingerprint density at radius 2 is 1.84 bits per heavy atom. The van der Waals surface area contributed by atoms with Gasteiger partial charge in [0.1, 0.15) is 17.9 Å². The molecule has 0 unspecified atom stereocenters. The summed E-state index contributed by atoms with van der Waals surface area (Å²) in [7, 11) is 0. The summed E-state index contributed by atoms with van der Waals surface area (Å²) in [6.07, 6.45) is 9.13. The third-order valence-corrected chi connectivity index (χ3v) is 6.81. The van der Waals surface area contributed by atoms with Gasteiger partial charge in [-0.1, -0.05) is 38.8 Å². The van der Waals surface area contributed by atoms with E-state index in [0.717, 1.165) is 50.3 Å². The molecule has 31 heavy (non-hydrogen) atoms. The molecule has 6 heteroatoms. The maximum Gasteiger partial charge on any atom is 0.224 e. The van der Waals surface area contributed by atoms with Crippen LogP contribution in [-0.4, -0.2) is 35.0 Å². The van der Waals surface area contributed by atoms with E-state index in [0.29, 0.717) is 17.8 Å². The molecule has 0 bridgehead atoms. The van der Waals surface area contributed by atoms with Crippen LogP contribution in [-0.2, 0) is 11.2 Å². The molecule has 1 aromatic heterocycles. The Hall–Kier alpha value is -2.63. The first-order valence-corrected chi connectivity index (χ1v) is 11.8. The molecule has 0 spiro atoms. The number of ether oxygens (including phenoxy) is 1. The molecule has 4 rings (SSSR count). The molecule has 1 aliphatic carbocycles. The van der Waals surface area contributed by atoms with E-state index in [9.17, 15) is 4.79 Å². The van der Waals surface area contributed by atoms with Crippen LogP contribution in [0.4, 0.5) is 5.82 Å². The number of carbonyl (C=O) groups is 1. The second kappa shape index (κ2) is 10.1. The molecule has 1 saturated carbocycles. The first-order chi connectivity index (χ1) is 15.1. The summed E-state index contributed by atoms with van der Waals surface area (Å²) in [5.74, 6) is 3.10. The third-order valence-electron chi connectivity index (χ3n) is 6.81. The molecule has 6 nitrogen and oxygen atoms in total. The molecule has 1 aliphatic heterocycles. The van der Waals surface area contributed by atoms with Crippen LogP contribution >= 0.6 is 0 Å². The summed E-state index contributed by atoms with van der Waals surface area (Å²) >= 11 is 0. The van der Waals surface area contributed by atoms with Gasteiger partial charge in [0, 0.05) is 31.1 Å². The molecule has 166 valence electrons. The summed E-state index contributed by atoms with van der Waals surface area (Å²) in [6.45, 7) is 6.04. The van der Waals surface area contributed by atoms with Crippen molar-refractivity contribution in [3.05, 3.63) is 42.2 Å². The van der Waals surface area contributed by atoms with Gasteiger partial charge in [-0.05, 0) is 55.7 Å². The lowest BCUT2D eigenvalue weighted by atomic mass is 9.85. The first kappa shape index (κ1) is 21.6. The summed E-state index contributed by atoms with van der Waals surface area (Å²) in [5.41, 5.74) is 1.28. The van der Waals surface area contributed by atoms with Crippen molar-refractivity contribution in [2.75, 3.05) is 18.0 Å². The van der Waals surface area contributed by atoms with Gasteiger partial charge in [-0.25, -0.2) is 9.97 Å². The van der Waals surface area contributed by atoms with E-state index in [1.54, 1.807) is 6.33 Å². The van der Waals surface area contributed by atoms with E-state index < -0.39 is 0 Å². The average Bonchev–Trinajstić information content (AvgIpc) is 2.81. The highest BCUT2D eigenvalue weighted by Crippen LogP contribution is 2.28. The van der Waals surface area contributed by atoms with Gasteiger partial charge in [-0.3, -0.25) is 4.79 Å². The number of hydrogen-bond acceptors (Lipinski definition) is 5. The number of carbonyl (C=O) groups excluding carboxylic acids is 1. The Labute approximate surface area is 185 Å². The number of rotatable bonds is 6. The van der Waals surface area contributed by atoms with E-state index in [1.807, 2.05) is 18.2 Å². The molecule has 2 aromatic rings. The zero-order valence-electron chi connectivity index (χ0n) is 18.7. The van der Waals surface area contributed by atoms with Crippen molar-refractivity contribution < 1.29 is 9.53 Å². The van der Waals surface area contributed by atoms with E-state index in [1.165, 1.54) is 24.8 Å². The molecular weight excluding hydrogens is 388 g/mol. The molecule has 2 aliphatic rings. The fraction of sp³-hybridized carbons (Fsp3) is 0.560. The van der Waals surface area contributed by atoms with Gasteiger partial charge in [-0.15, -0.1) is 0 Å². The minimum atomic E-state index is 0.0972. The monoisotopic (exact) mass is 422 g/mol. The van der Waals surface area contributed by atoms with E-state index in [-0.39, 0.29) is 11.8 Å². The van der Waals surface area contributed by atoms with Crippen molar-refractivity contribution in [3.63, 3.8) is 0 Å². The molecule has 2 atom stereocenters. The lowest BCUT2D eigenvalue weighted by Crippen LogP contribution is -2.46. The standard InChI is InChI=1S/C25H34N4O2/c1-3-19-8-10-21(11-9-19)31-24-16-23(26-17-27-24)29-14-12-20(13-15-29)25(30)28-22-7-5-4-6-18(22)2/h8-11,16-18,20,22H,3-7,12-15H2,1-2H3,(H,28,30)/t18-,22+/m1/s1. The number of hydrogen-bond donors (Lipinski definition) is 1. The topological polar surface area (TPSA) is 67.3 Å². The molecule has 1 aromatic carbocycles. The summed E-state index contributed by atoms with van der Waals surface area (Å²) in [5, 5.41) is 3.33. The summed E-state index contributed by atoms with van der Waals surface area (Å²) < 4.78 is 5.92. The normalized spacial score (nSPS) is 22.2. The maximum atomic E-state index is 12.8. The van der Waals surface area contributed by atoms with Crippen LogP contribution in [0.1, 0.15) is 57.9 Å². The highest BCUT2D eigenvalue weighted by atomic mass is 16.5. The van der Waals surface area contributed by atoms with Gasteiger partial charge in [0.25, 0.3) is 0 Å². The van der Waals surface area contributed by atoms with Crippen molar-refractivity contribution in [1.82, 2.24) is 15.3 Å². The number of nitrogens with one attached hydrogen (secondary N) is 1. The van der Waals surface area contributed by atoms with Crippen LogP contribution in [0.3, 0.4) is 0 Å². The highest BCUT2D eigenvalue weighted by Gasteiger charge is 2.29. The Kier molecular flexibility index (Phi) is 7.05. The zero-order valence-corrected chi connectivity index (χ0v) is 18.7.